The fourth-order valence-corrected chi connectivity index (χ4v) is 2.48. The van der Waals surface area contributed by atoms with Crippen molar-refractivity contribution in [2.24, 2.45) is 0 Å². The molecule has 106 valence electrons. The summed E-state index contributed by atoms with van der Waals surface area (Å²) in [7, 11) is 1.80. The Morgan fingerprint density at radius 2 is 2.20 bits per heavy atom. The topological polar surface area (TPSA) is 42.4 Å². The lowest BCUT2D eigenvalue weighted by molar-refractivity contribution is 0.0792. The zero-order valence-electron chi connectivity index (χ0n) is 11.7. The summed E-state index contributed by atoms with van der Waals surface area (Å²) in [5.74, 6) is 0.617. The third-order valence-corrected chi connectivity index (χ3v) is 3.75. The number of carbonyl (C=O) groups is 1. The molecule has 2 aromatic rings. The molecule has 0 aliphatic carbocycles. The molecule has 0 aliphatic rings. The molecule has 20 heavy (non-hydrogen) atoms. The highest BCUT2D eigenvalue weighted by Crippen LogP contribution is 2.19. The number of likely N-dealkylation sites (N-methyl/N-ethyl adjacent to an activating group) is 1. The molecule has 0 N–H and O–H groups in total. The van der Waals surface area contributed by atoms with Gasteiger partial charge >= 0.3 is 0 Å². The summed E-state index contributed by atoms with van der Waals surface area (Å²) in [6.07, 6.45) is 2.56. The van der Waals surface area contributed by atoms with E-state index in [0.29, 0.717) is 24.5 Å². The SMILES string of the molecule is CCOc1ccccc1C(=O)N(C)CCc1nccs1. The number of para-hydroxylation sites is 1. The average Bonchev–Trinajstić information content (AvgIpc) is 2.98. The van der Waals surface area contributed by atoms with Crippen LogP contribution in [0.5, 0.6) is 5.75 Å². The molecule has 0 unspecified atom stereocenters. The second-order valence-corrected chi connectivity index (χ2v) is 5.31. The molecule has 1 aromatic heterocycles. The molecule has 2 rings (SSSR count). The third-order valence-electron chi connectivity index (χ3n) is 2.91. The number of carbonyl (C=O) groups excluding carboxylic acids is 1. The van der Waals surface area contributed by atoms with E-state index < -0.39 is 0 Å². The molecule has 0 radical (unpaired) electrons. The molecule has 4 nitrogen and oxygen atoms in total. The molecule has 1 amide bonds. The van der Waals surface area contributed by atoms with E-state index in [1.165, 1.54) is 0 Å². The normalized spacial score (nSPS) is 10.3. The minimum atomic E-state index is -0.0226. The van der Waals surface area contributed by atoms with Gasteiger partial charge in [0.25, 0.3) is 5.91 Å². The van der Waals surface area contributed by atoms with Crippen LogP contribution < -0.4 is 4.74 Å². The van der Waals surface area contributed by atoms with Crippen LogP contribution in [0, 0.1) is 0 Å². The van der Waals surface area contributed by atoms with Crippen molar-refractivity contribution in [2.45, 2.75) is 13.3 Å². The summed E-state index contributed by atoms with van der Waals surface area (Å²) >= 11 is 1.61. The quantitative estimate of drug-likeness (QED) is 0.821. The first-order valence-electron chi connectivity index (χ1n) is 6.58. The maximum Gasteiger partial charge on any atom is 0.257 e. The van der Waals surface area contributed by atoms with Crippen molar-refractivity contribution in [1.29, 1.82) is 0 Å². The summed E-state index contributed by atoms with van der Waals surface area (Å²) in [6, 6.07) is 7.35. The smallest absolute Gasteiger partial charge is 0.257 e. The molecule has 0 bridgehead atoms. The van der Waals surface area contributed by atoms with Gasteiger partial charge in [0.1, 0.15) is 5.75 Å². The first-order valence-corrected chi connectivity index (χ1v) is 7.46. The van der Waals surface area contributed by atoms with Crippen LogP contribution in [0.2, 0.25) is 0 Å². The maximum absolute atomic E-state index is 12.4. The van der Waals surface area contributed by atoms with Gasteiger partial charge in [0, 0.05) is 31.6 Å². The number of thiazole rings is 1. The van der Waals surface area contributed by atoms with Gasteiger partial charge in [-0.3, -0.25) is 4.79 Å². The first-order chi connectivity index (χ1) is 9.72. The fraction of sp³-hybridized carbons (Fsp3) is 0.333. The Labute approximate surface area is 123 Å². The molecule has 0 saturated heterocycles. The van der Waals surface area contributed by atoms with Gasteiger partial charge in [-0.2, -0.15) is 0 Å². The van der Waals surface area contributed by atoms with E-state index in [0.717, 1.165) is 11.4 Å². The Bertz CT molecular complexity index is 555. The highest BCUT2D eigenvalue weighted by atomic mass is 32.1. The standard InChI is InChI=1S/C15H18N2O2S/c1-3-19-13-7-5-4-6-12(13)15(18)17(2)10-8-14-16-9-11-20-14/h4-7,9,11H,3,8,10H2,1-2H3. The molecule has 0 spiro atoms. The molecule has 0 fully saturated rings. The number of hydrogen-bond donors (Lipinski definition) is 0. The second kappa shape index (κ2) is 7.05. The van der Waals surface area contributed by atoms with Crippen LogP contribution in [0.25, 0.3) is 0 Å². The van der Waals surface area contributed by atoms with E-state index in [-0.39, 0.29) is 5.91 Å². The van der Waals surface area contributed by atoms with Crippen molar-refractivity contribution in [2.75, 3.05) is 20.2 Å². The largest absolute Gasteiger partial charge is 0.493 e. The van der Waals surface area contributed by atoms with Gasteiger partial charge in [-0.15, -0.1) is 11.3 Å². The van der Waals surface area contributed by atoms with Crippen LogP contribution >= 0.6 is 11.3 Å². The number of ether oxygens (including phenoxy) is 1. The van der Waals surface area contributed by atoms with Gasteiger partial charge in [-0.25, -0.2) is 4.98 Å². The minimum Gasteiger partial charge on any atom is -0.493 e. The van der Waals surface area contributed by atoms with E-state index >= 15 is 0 Å². The van der Waals surface area contributed by atoms with Crippen LogP contribution in [-0.2, 0) is 6.42 Å². The predicted molar refractivity (Wildman–Crippen MR) is 80.4 cm³/mol. The molecule has 0 atom stereocenters. The van der Waals surface area contributed by atoms with Crippen LogP contribution in [0.4, 0.5) is 0 Å². The van der Waals surface area contributed by atoms with Gasteiger partial charge in [-0.05, 0) is 19.1 Å². The first kappa shape index (κ1) is 14.5. The molecule has 0 saturated carbocycles. The fourth-order valence-electron chi connectivity index (χ4n) is 1.87. The monoisotopic (exact) mass is 290 g/mol. The Morgan fingerprint density at radius 1 is 1.40 bits per heavy atom. The van der Waals surface area contributed by atoms with Gasteiger partial charge in [-0.1, -0.05) is 12.1 Å². The highest BCUT2D eigenvalue weighted by molar-refractivity contribution is 7.09. The number of hydrogen-bond acceptors (Lipinski definition) is 4. The molecular weight excluding hydrogens is 272 g/mol. The lowest BCUT2D eigenvalue weighted by Gasteiger charge is -2.18. The minimum absolute atomic E-state index is 0.0226. The van der Waals surface area contributed by atoms with Gasteiger partial charge < -0.3 is 9.64 Å². The van der Waals surface area contributed by atoms with E-state index in [1.807, 2.05) is 30.5 Å². The Balaban J connectivity index is 2.02. The number of amides is 1. The maximum atomic E-state index is 12.4. The zero-order valence-corrected chi connectivity index (χ0v) is 12.5. The second-order valence-electron chi connectivity index (χ2n) is 4.33. The van der Waals surface area contributed by atoms with Crippen molar-refractivity contribution < 1.29 is 9.53 Å². The summed E-state index contributed by atoms with van der Waals surface area (Å²) in [4.78, 5) is 18.4. The average molecular weight is 290 g/mol. The molecule has 1 aromatic carbocycles. The van der Waals surface area contributed by atoms with Crippen molar-refractivity contribution in [1.82, 2.24) is 9.88 Å². The number of benzene rings is 1. The van der Waals surface area contributed by atoms with Crippen molar-refractivity contribution in [3.05, 3.63) is 46.4 Å². The van der Waals surface area contributed by atoms with Gasteiger partial charge in [0.2, 0.25) is 0 Å². The number of aromatic nitrogens is 1. The lowest BCUT2D eigenvalue weighted by Crippen LogP contribution is -2.29. The Morgan fingerprint density at radius 3 is 2.90 bits per heavy atom. The lowest BCUT2D eigenvalue weighted by atomic mass is 10.1. The molecule has 0 aliphatic heterocycles. The Kier molecular flexibility index (Phi) is 5.12. The van der Waals surface area contributed by atoms with Gasteiger partial charge in [0.15, 0.2) is 0 Å². The zero-order chi connectivity index (χ0) is 14.4. The van der Waals surface area contributed by atoms with Crippen molar-refractivity contribution in [3.8, 4) is 5.75 Å². The number of nitrogens with zero attached hydrogens (tertiary/aromatic N) is 2. The van der Waals surface area contributed by atoms with E-state index in [4.69, 9.17) is 4.74 Å². The van der Waals surface area contributed by atoms with E-state index in [2.05, 4.69) is 4.98 Å². The summed E-state index contributed by atoms with van der Waals surface area (Å²) in [6.45, 7) is 3.10. The van der Waals surface area contributed by atoms with Crippen molar-refractivity contribution in [3.63, 3.8) is 0 Å². The summed E-state index contributed by atoms with van der Waals surface area (Å²) < 4.78 is 5.50. The Hall–Kier alpha value is -1.88. The highest BCUT2D eigenvalue weighted by Gasteiger charge is 2.16. The summed E-state index contributed by atoms with van der Waals surface area (Å²) in [5, 5.41) is 2.99. The predicted octanol–water partition coefficient (Wildman–Crippen LogP) is 2.86. The van der Waals surface area contributed by atoms with Gasteiger partial charge in [0.05, 0.1) is 17.2 Å². The van der Waals surface area contributed by atoms with Crippen molar-refractivity contribution >= 4 is 17.2 Å². The van der Waals surface area contributed by atoms with Crippen LogP contribution in [0.15, 0.2) is 35.8 Å². The molecular formula is C15H18N2O2S. The third kappa shape index (κ3) is 3.57. The van der Waals surface area contributed by atoms with Crippen LogP contribution in [-0.4, -0.2) is 36.0 Å². The molecule has 1 heterocycles. The van der Waals surface area contributed by atoms with Crippen LogP contribution in [0.3, 0.4) is 0 Å². The van der Waals surface area contributed by atoms with E-state index in [9.17, 15) is 4.79 Å². The summed E-state index contributed by atoms with van der Waals surface area (Å²) in [5.41, 5.74) is 0.607. The van der Waals surface area contributed by atoms with Crippen LogP contribution in [0.1, 0.15) is 22.3 Å². The van der Waals surface area contributed by atoms with E-state index in [1.54, 1.807) is 35.5 Å². The molecule has 5 heteroatoms. The number of rotatable bonds is 6.